The zero-order chi connectivity index (χ0) is 13.6. The van der Waals surface area contributed by atoms with Crippen LogP contribution in [0.5, 0.6) is 5.75 Å². The van der Waals surface area contributed by atoms with Crippen molar-refractivity contribution in [1.29, 1.82) is 0 Å². The Morgan fingerprint density at radius 2 is 1.94 bits per heavy atom. The summed E-state index contributed by atoms with van der Waals surface area (Å²) in [5, 5.41) is 8.28. The number of hydrogen-bond acceptors (Lipinski definition) is 5. The molecule has 7 heteroatoms. The SMILES string of the molecule is COc1ccc(S(=O)(=O)CCCC(=O)NO)cc1. The van der Waals surface area contributed by atoms with Gasteiger partial charge in [-0.1, -0.05) is 0 Å². The van der Waals surface area contributed by atoms with E-state index in [-0.39, 0.29) is 23.5 Å². The van der Waals surface area contributed by atoms with Crippen molar-refractivity contribution in [2.75, 3.05) is 12.9 Å². The molecule has 0 fully saturated rings. The fourth-order valence-electron chi connectivity index (χ4n) is 1.38. The Bertz CT molecular complexity index is 495. The summed E-state index contributed by atoms with van der Waals surface area (Å²) in [5.41, 5.74) is 1.46. The molecule has 0 radical (unpaired) electrons. The van der Waals surface area contributed by atoms with Crippen molar-refractivity contribution in [3.05, 3.63) is 24.3 Å². The summed E-state index contributed by atoms with van der Waals surface area (Å²) in [6.07, 6.45) is 0.118. The second-order valence-electron chi connectivity index (χ2n) is 3.63. The molecule has 0 aliphatic carbocycles. The molecule has 100 valence electrons. The normalized spacial score (nSPS) is 11.0. The fourth-order valence-corrected chi connectivity index (χ4v) is 2.69. The molecule has 0 atom stereocenters. The van der Waals surface area contributed by atoms with Gasteiger partial charge in [-0.15, -0.1) is 0 Å². The minimum absolute atomic E-state index is 0.0358. The minimum Gasteiger partial charge on any atom is -0.497 e. The topological polar surface area (TPSA) is 92.7 Å². The number of rotatable bonds is 6. The second kappa shape index (κ2) is 6.36. The van der Waals surface area contributed by atoms with Crippen molar-refractivity contribution in [3.63, 3.8) is 0 Å². The molecule has 0 saturated heterocycles. The predicted octanol–water partition coefficient (Wildman–Crippen LogP) is 0.754. The summed E-state index contributed by atoms with van der Waals surface area (Å²) in [7, 11) is -1.91. The second-order valence-corrected chi connectivity index (χ2v) is 5.74. The molecule has 6 nitrogen and oxygen atoms in total. The summed E-state index contributed by atoms with van der Waals surface area (Å²) < 4.78 is 28.7. The lowest BCUT2D eigenvalue weighted by atomic mass is 10.3. The quantitative estimate of drug-likeness (QED) is 0.589. The lowest BCUT2D eigenvalue weighted by Gasteiger charge is -2.05. The highest BCUT2D eigenvalue weighted by Crippen LogP contribution is 2.17. The van der Waals surface area contributed by atoms with Crippen LogP contribution in [0.15, 0.2) is 29.2 Å². The van der Waals surface area contributed by atoms with Crippen molar-refractivity contribution in [3.8, 4) is 5.75 Å². The molecule has 1 aromatic rings. The van der Waals surface area contributed by atoms with Gasteiger partial charge in [0.2, 0.25) is 5.91 Å². The van der Waals surface area contributed by atoms with Crippen LogP contribution in [0.3, 0.4) is 0 Å². The molecule has 0 saturated carbocycles. The van der Waals surface area contributed by atoms with E-state index >= 15 is 0 Å². The number of hydroxylamine groups is 1. The summed E-state index contributed by atoms with van der Waals surface area (Å²) in [5.74, 6) is -0.166. The van der Waals surface area contributed by atoms with E-state index in [1.165, 1.54) is 24.7 Å². The van der Waals surface area contributed by atoms with Crippen LogP contribution in [0, 0.1) is 0 Å². The predicted molar refractivity (Wildman–Crippen MR) is 64.2 cm³/mol. The van der Waals surface area contributed by atoms with Gasteiger partial charge in [-0.25, -0.2) is 13.9 Å². The van der Waals surface area contributed by atoms with Crippen LogP contribution >= 0.6 is 0 Å². The van der Waals surface area contributed by atoms with Crippen molar-refractivity contribution >= 4 is 15.7 Å². The van der Waals surface area contributed by atoms with Gasteiger partial charge < -0.3 is 4.74 Å². The minimum atomic E-state index is -3.41. The average molecular weight is 273 g/mol. The van der Waals surface area contributed by atoms with Crippen LogP contribution in [0.2, 0.25) is 0 Å². The Labute approximate surface area is 105 Å². The number of hydrogen-bond donors (Lipinski definition) is 2. The van der Waals surface area contributed by atoms with Crippen LogP contribution < -0.4 is 10.2 Å². The zero-order valence-electron chi connectivity index (χ0n) is 9.92. The Morgan fingerprint density at radius 3 is 2.44 bits per heavy atom. The van der Waals surface area contributed by atoms with Gasteiger partial charge in [0.05, 0.1) is 17.8 Å². The number of methoxy groups -OCH3 is 1. The monoisotopic (exact) mass is 273 g/mol. The van der Waals surface area contributed by atoms with Crippen LogP contribution in [0.4, 0.5) is 0 Å². The fraction of sp³-hybridized carbons (Fsp3) is 0.364. The summed E-state index contributed by atoms with van der Waals surface area (Å²) in [6.45, 7) is 0. The van der Waals surface area contributed by atoms with Crippen molar-refractivity contribution in [2.45, 2.75) is 17.7 Å². The molecule has 0 aliphatic heterocycles. The van der Waals surface area contributed by atoms with E-state index in [2.05, 4.69) is 0 Å². The molecular weight excluding hydrogens is 258 g/mol. The van der Waals surface area contributed by atoms with E-state index in [1.807, 2.05) is 0 Å². The molecular formula is C11H15NO5S. The van der Waals surface area contributed by atoms with Gasteiger partial charge in [0.1, 0.15) is 5.75 Å². The molecule has 0 aromatic heterocycles. The van der Waals surface area contributed by atoms with Gasteiger partial charge in [-0.2, -0.15) is 0 Å². The number of carbonyl (C=O) groups excluding carboxylic acids is 1. The molecule has 2 N–H and O–H groups in total. The number of nitrogens with one attached hydrogen (secondary N) is 1. The number of amides is 1. The van der Waals surface area contributed by atoms with E-state index in [9.17, 15) is 13.2 Å². The lowest BCUT2D eigenvalue weighted by molar-refractivity contribution is -0.129. The first kappa shape index (κ1) is 14.5. The van der Waals surface area contributed by atoms with E-state index < -0.39 is 15.7 Å². The van der Waals surface area contributed by atoms with Gasteiger partial charge in [0, 0.05) is 6.42 Å². The number of sulfone groups is 1. The largest absolute Gasteiger partial charge is 0.497 e. The van der Waals surface area contributed by atoms with E-state index in [0.717, 1.165) is 0 Å². The van der Waals surface area contributed by atoms with Crippen molar-refractivity contribution in [2.24, 2.45) is 0 Å². The van der Waals surface area contributed by atoms with Crippen LogP contribution in [-0.4, -0.2) is 32.4 Å². The summed E-state index contributed by atoms with van der Waals surface area (Å²) in [6, 6.07) is 6.04. The standard InChI is InChI=1S/C11H15NO5S/c1-17-9-4-6-10(7-5-9)18(15,16)8-2-3-11(13)12-14/h4-7,14H,2-3,8H2,1H3,(H,12,13). The number of benzene rings is 1. The van der Waals surface area contributed by atoms with E-state index in [1.54, 1.807) is 12.1 Å². The molecule has 1 rings (SSSR count). The highest BCUT2D eigenvalue weighted by molar-refractivity contribution is 7.91. The Balaban J connectivity index is 2.65. The molecule has 18 heavy (non-hydrogen) atoms. The van der Waals surface area contributed by atoms with Crippen molar-refractivity contribution in [1.82, 2.24) is 5.48 Å². The van der Waals surface area contributed by atoms with Crippen molar-refractivity contribution < 1.29 is 23.2 Å². The molecule has 0 spiro atoms. The number of carbonyl (C=O) groups is 1. The van der Waals surface area contributed by atoms with Gasteiger partial charge in [-0.3, -0.25) is 10.0 Å². The first-order valence-corrected chi connectivity index (χ1v) is 6.94. The van der Waals surface area contributed by atoms with Gasteiger partial charge in [0.15, 0.2) is 9.84 Å². The maximum Gasteiger partial charge on any atom is 0.243 e. The third-order valence-corrected chi connectivity index (χ3v) is 4.18. The molecule has 1 amide bonds. The molecule has 0 bridgehead atoms. The van der Waals surface area contributed by atoms with Gasteiger partial charge >= 0.3 is 0 Å². The molecule has 0 heterocycles. The highest BCUT2D eigenvalue weighted by Gasteiger charge is 2.14. The van der Waals surface area contributed by atoms with Gasteiger partial charge in [0.25, 0.3) is 0 Å². The highest BCUT2D eigenvalue weighted by atomic mass is 32.2. The molecule has 0 unspecified atom stereocenters. The zero-order valence-corrected chi connectivity index (χ0v) is 10.7. The molecule has 0 aliphatic rings. The van der Waals surface area contributed by atoms with E-state index in [4.69, 9.17) is 9.94 Å². The Hall–Kier alpha value is -1.60. The Morgan fingerprint density at radius 1 is 1.33 bits per heavy atom. The maximum absolute atomic E-state index is 11.9. The van der Waals surface area contributed by atoms with Gasteiger partial charge in [-0.05, 0) is 30.7 Å². The van der Waals surface area contributed by atoms with Crippen LogP contribution in [-0.2, 0) is 14.6 Å². The van der Waals surface area contributed by atoms with Crippen LogP contribution in [0.25, 0.3) is 0 Å². The first-order chi connectivity index (χ1) is 8.49. The summed E-state index contributed by atoms with van der Waals surface area (Å²) >= 11 is 0. The van der Waals surface area contributed by atoms with E-state index in [0.29, 0.717) is 5.75 Å². The third kappa shape index (κ3) is 4.01. The maximum atomic E-state index is 11.9. The molecule has 1 aromatic carbocycles. The third-order valence-electron chi connectivity index (χ3n) is 2.36. The van der Waals surface area contributed by atoms with Crippen LogP contribution in [0.1, 0.15) is 12.8 Å². The first-order valence-electron chi connectivity index (χ1n) is 5.29. The lowest BCUT2D eigenvalue weighted by Crippen LogP contribution is -2.19. The number of ether oxygens (including phenoxy) is 1. The smallest absolute Gasteiger partial charge is 0.243 e. The Kier molecular flexibility index (Phi) is 5.11. The average Bonchev–Trinajstić information content (AvgIpc) is 2.38. The summed E-state index contributed by atoms with van der Waals surface area (Å²) in [4.78, 5) is 10.9.